The number of aromatic nitrogens is 1. The summed E-state index contributed by atoms with van der Waals surface area (Å²) in [6.07, 6.45) is 1.08. The molecule has 0 saturated heterocycles. The maximum atomic E-state index is 11.0. The van der Waals surface area contributed by atoms with Gasteiger partial charge in [-0.3, -0.25) is 0 Å². The SMILES string of the molecule is CCC(C)(C)Cn1c(C)cc(C(=O)O)c1C. The van der Waals surface area contributed by atoms with Crippen LogP contribution in [-0.2, 0) is 6.54 Å². The number of nitrogens with zero attached hydrogens (tertiary/aromatic N) is 1. The maximum absolute atomic E-state index is 11.0. The van der Waals surface area contributed by atoms with Gasteiger partial charge in [-0.15, -0.1) is 0 Å². The summed E-state index contributed by atoms with van der Waals surface area (Å²) in [5, 5.41) is 9.05. The molecule has 1 N–H and O–H groups in total. The molecule has 1 heterocycles. The average Bonchev–Trinajstić information content (AvgIpc) is 2.45. The third kappa shape index (κ3) is 2.46. The Morgan fingerprint density at radius 2 is 2.00 bits per heavy atom. The van der Waals surface area contributed by atoms with Gasteiger partial charge in [0.05, 0.1) is 5.56 Å². The third-order valence-corrected chi connectivity index (χ3v) is 3.35. The van der Waals surface area contributed by atoms with Crippen LogP contribution in [0.15, 0.2) is 6.07 Å². The average molecular weight is 223 g/mol. The number of carboxylic acid groups (broad SMARTS) is 1. The molecule has 0 fully saturated rings. The van der Waals surface area contributed by atoms with Gasteiger partial charge in [0.2, 0.25) is 0 Å². The van der Waals surface area contributed by atoms with Crippen molar-refractivity contribution in [1.29, 1.82) is 0 Å². The first-order valence-electron chi connectivity index (χ1n) is 5.68. The molecular formula is C13H21NO2. The molecule has 0 aromatic carbocycles. The van der Waals surface area contributed by atoms with Crippen LogP contribution in [0.25, 0.3) is 0 Å². The number of hydrogen-bond acceptors (Lipinski definition) is 1. The van der Waals surface area contributed by atoms with E-state index >= 15 is 0 Å². The molecule has 0 spiro atoms. The van der Waals surface area contributed by atoms with Crippen LogP contribution in [0.1, 0.15) is 48.9 Å². The van der Waals surface area contributed by atoms with Gasteiger partial charge >= 0.3 is 5.97 Å². The number of rotatable bonds is 4. The lowest BCUT2D eigenvalue weighted by atomic mass is 9.90. The highest BCUT2D eigenvalue weighted by molar-refractivity contribution is 5.89. The van der Waals surface area contributed by atoms with E-state index in [-0.39, 0.29) is 5.41 Å². The van der Waals surface area contributed by atoms with Gasteiger partial charge in [0.15, 0.2) is 0 Å². The summed E-state index contributed by atoms with van der Waals surface area (Å²) in [5.41, 5.74) is 2.50. The third-order valence-electron chi connectivity index (χ3n) is 3.35. The Balaban J connectivity index is 3.11. The van der Waals surface area contributed by atoms with Crippen molar-refractivity contribution in [2.45, 2.75) is 47.6 Å². The van der Waals surface area contributed by atoms with E-state index in [0.29, 0.717) is 5.56 Å². The molecule has 0 unspecified atom stereocenters. The van der Waals surface area contributed by atoms with E-state index < -0.39 is 5.97 Å². The second-order valence-electron chi connectivity index (χ2n) is 5.19. The highest BCUT2D eigenvalue weighted by Crippen LogP contribution is 2.26. The van der Waals surface area contributed by atoms with Crippen molar-refractivity contribution in [3.05, 3.63) is 23.0 Å². The van der Waals surface area contributed by atoms with E-state index in [4.69, 9.17) is 5.11 Å². The first-order valence-corrected chi connectivity index (χ1v) is 5.68. The quantitative estimate of drug-likeness (QED) is 0.851. The number of carboxylic acids is 1. The minimum absolute atomic E-state index is 0.199. The molecule has 0 aliphatic rings. The van der Waals surface area contributed by atoms with E-state index in [2.05, 4.69) is 25.3 Å². The number of aromatic carboxylic acids is 1. The minimum Gasteiger partial charge on any atom is -0.478 e. The van der Waals surface area contributed by atoms with E-state index in [1.807, 2.05) is 13.8 Å². The molecule has 3 heteroatoms. The van der Waals surface area contributed by atoms with Crippen LogP contribution in [0.4, 0.5) is 0 Å². The summed E-state index contributed by atoms with van der Waals surface area (Å²) in [6.45, 7) is 11.3. The Hall–Kier alpha value is -1.25. The van der Waals surface area contributed by atoms with Gasteiger partial charge in [-0.05, 0) is 31.7 Å². The molecule has 0 atom stereocenters. The Morgan fingerprint density at radius 3 is 2.38 bits per heavy atom. The Labute approximate surface area is 97.1 Å². The molecule has 3 nitrogen and oxygen atoms in total. The second-order valence-corrected chi connectivity index (χ2v) is 5.19. The normalized spacial score (nSPS) is 11.8. The lowest BCUT2D eigenvalue weighted by Crippen LogP contribution is -2.20. The van der Waals surface area contributed by atoms with Gasteiger partial charge in [-0.25, -0.2) is 4.79 Å². The standard InChI is InChI=1S/C13H21NO2/c1-6-13(4,5)8-14-9(2)7-11(10(14)3)12(15)16/h7H,6,8H2,1-5H3,(H,15,16). The van der Waals surface area contributed by atoms with Crippen molar-refractivity contribution >= 4 is 5.97 Å². The molecule has 16 heavy (non-hydrogen) atoms. The topological polar surface area (TPSA) is 42.2 Å². The van der Waals surface area contributed by atoms with E-state index in [0.717, 1.165) is 24.4 Å². The van der Waals surface area contributed by atoms with Gasteiger partial charge in [0.25, 0.3) is 0 Å². The fourth-order valence-corrected chi connectivity index (χ4v) is 1.80. The van der Waals surface area contributed by atoms with Gasteiger partial charge in [0.1, 0.15) is 0 Å². The maximum Gasteiger partial charge on any atom is 0.337 e. The fourth-order valence-electron chi connectivity index (χ4n) is 1.80. The predicted octanol–water partition coefficient (Wildman–Crippen LogP) is 3.24. The zero-order valence-corrected chi connectivity index (χ0v) is 10.8. The van der Waals surface area contributed by atoms with Crippen molar-refractivity contribution in [2.75, 3.05) is 0 Å². The molecule has 0 saturated carbocycles. The van der Waals surface area contributed by atoms with E-state index in [1.54, 1.807) is 6.07 Å². The Morgan fingerprint density at radius 1 is 1.44 bits per heavy atom. The van der Waals surface area contributed by atoms with Crippen LogP contribution >= 0.6 is 0 Å². The molecule has 1 aromatic rings. The van der Waals surface area contributed by atoms with Crippen LogP contribution in [-0.4, -0.2) is 15.6 Å². The monoisotopic (exact) mass is 223 g/mol. The van der Waals surface area contributed by atoms with Crippen molar-refractivity contribution < 1.29 is 9.90 Å². The molecule has 1 aromatic heterocycles. The highest BCUT2D eigenvalue weighted by Gasteiger charge is 2.21. The summed E-state index contributed by atoms with van der Waals surface area (Å²) in [5.74, 6) is -0.839. The second kappa shape index (κ2) is 4.32. The van der Waals surface area contributed by atoms with Gasteiger partial charge in [-0.1, -0.05) is 20.8 Å². The summed E-state index contributed by atoms with van der Waals surface area (Å²) in [4.78, 5) is 11.0. The zero-order chi connectivity index (χ0) is 12.5. The van der Waals surface area contributed by atoms with Crippen LogP contribution in [0.3, 0.4) is 0 Å². The van der Waals surface area contributed by atoms with E-state index in [9.17, 15) is 4.79 Å². The Bertz CT molecular complexity index is 402. The Kier molecular flexibility index (Phi) is 3.46. The van der Waals surface area contributed by atoms with Crippen molar-refractivity contribution in [3.63, 3.8) is 0 Å². The highest BCUT2D eigenvalue weighted by atomic mass is 16.4. The van der Waals surface area contributed by atoms with Crippen molar-refractivity contribution in [2.24, 2.45) is 5.41 Å². The molecule has 1 rings (SSSR count). The largest absolute Gasteiger partial charge is 0.478 e. The molecular weight excluding hydrogens is 202 g/mol. The zero-order valence-electron chi connectivity index (χ0n) is 10.8. The summed E-state index contributed by atoms with van der Waals surface area (Å²) < 4.78 is 2.10. The number of carbonyl (C=O) groups is 1. The number of aryl methyl sites for hydroxylation is 1. The lowest BCUT2D eigenvalue weighted by molar-refractivity contribution is 0.0695. The molecule has 0 bridgehead atoms. The first-order chi connectivity index (χ1) is 7.28. The smallest absolute Gasteiger partial charge is 0.337 e. The van der Waals surface area contributed by atoms with Crippen LogP contribution < -0.4 is 0 Å². The van der Waals surface area contributed by atoms with Gasteiger partial charge < -0.3 is 9.67 Å². The lowest BCUT2D eigenvalue weighted by Gasteiger charge is -2.25. The molecule has 0 aliphatic carbocycles. The van der Waals surface area contributed by atoms with Crippen LogP contribution in [0, 0.1) is 19.3 Å². The summed E-state index contributed by atoms with van der Waals surface area (Å²) in [7, 11) is 0. The minimum atomic E-state index is -0.839. The van der Waals surface area contributed by atoms with Crippen molar-refractivity contribution in [1.82, 2.24) is 4.57 Å². The molecule has 0 aliphatic heterocycles. The number of hydrogen-bond donors (Lipinski definition) is 1. The molecule has 90 valence electrons. The van der Waals surface area contributed by atoms with Gasteiger partial charge in [-0.2, -0.15) is 0 Å². The van der Waals surface area contributed by atoms with Crippen LogP contribution in [0.2, 0.25) is 0 Å². The first kappa shape index (κ1) is 12.8. The van der Waals surface area contributed by atoms with Gasteiger partial charge in [0, 0.05) is 17.9 Å². The summed E-state index contributed by atoms with van der Waals surface area (Å²) in [6, 6.07) is 1.75. The summed E-state index contributed by atoms with van der Waals surface area (Å²) >= 11 is 0. The predicted molar refractivity (Wildman–Crippen MR) is 64.9 cm³/mol. The molecule has 0 amide bonds. The van der Waals surface area contributed by atoms with Crippen molar-refractivity contribution in [3.8, 4) is 0 Å². The van der Waals surface area contributed by atoms with E-state index in [1.165, 1.54) is 0 Å². The fraction of sp³-hybridized carbons (Fsp3) is 0.615. The van der Waals surface area contributed by atoms with Crippen LogP contribution in [0.5, 0.6) is 0 Å². The molecule has 0 radical (unpaired) electrons.